The van der Waals surface area contributed by atoms with Crippen molar-refractivity contribution in [3.63, 3.8) is 0 Å². The first-order chi connectivity index (χ1) is 8.50. The van der Waals surface area contributed by atoms with E-state index in [-0.39, 0.29) is 17.9 Å². The van der Waals surface area contributed by atoms with Crippen LogP contribution >= 0.6 is 0 Å². The molecule has 2 saturated heterocycles. The van der Waals surface area contributed by atoms with E-state index in [4.69, 9.17) is 4.74 Å². The van der Waals surface area contributed by atoms with E-state index in [0.29, 0.717) is 19.6 Å². The summed E-state index contributed by atoms with van der Waals surface area (Å²) in [5.41, 5.74) is -0.536. The fourth-order valence-corrected chi connectivity index (χ4v) is 2.53. The van der Waals surface area contributed by atoms with Crippen molar-refractivity contribution in [2.75, 3.05) is 26.2 Å². The van der Waals surface area contributed by atoms with Crippen LogP contribution in [0.2, 0.25) is 0 Å². The highest BCUT2D eigenvalue weighted by molar-refractivity contribution is 6.05. The van der Waals surface area contributed by atoms with Crippen molar-refractivity contribution in [2.45, 2.75) is 39.2 Å². The van der Waals surface area contributed by atoms with Crippen LogP contribution in [-0.4, -0.2) is 49.1 Å². The van der Waals surface area contributed by atoms with Crippen LogP contribution in [0.3, 0.4) is 0 Å². The highest BCUT2D eigenvalue weighted by atomic mass is 16.5. The lowest BCUT2D eigenvalue weighted by Gasteiger charge is -2.24. The molecule has 5 heteroatoms. The van der Waals surface area contributed by atoms with Crippen molar-refractivity contribution in [3.05, 3.63) is 0 Å². The highest BCUT2D eigenvalue weighted by Gasteiger charge is 2.44. The van der Waals surface area contributed by atoms with Gasteiger partial charge in [-0.05, 0) is 25.9 Å². The summed E-state index contributed by atoms with van der Waals surface area (Å²) in [6, 6.07) is 0. The Morgan fingerprint density at radius 2 is 2.00 bits per heavy atom. The quantitative estimate of drug-likeness (QED) is 0.744. The van der Waals surface area contributed by atoms with Gasteiger partial charge in [0, 0.05) is 6.42 Å². The molecular formula is C13H22N2O3. The summed E-state index contributed by atoms with van der Waals surface area (Å²) in [4.78, 5) is 25.0. The van der Waals surface area contributed by atoms with E-state index in [2.05, 4.69) is 5.32 Å². The van der Waals surface area contributed by atoms with Gasteiger partial charge in [0.15, 0.2) is 0 Å². The molecule has 0 saturated carbocycles. The largest absolute Gasteiger partial charge is 0.376 e. The van der Waals surface area contributed by atoms with E-state index in [9.17, 15) is 9.59 Å². The molecule has 2 heterocycles. The lowest BCUT2D eigenvalue weighted by Crippen LogP contribution is -2.38. The molecular weight excluding hydrogens is 232 g/mol. The Kier molecular flexibility index (Phi) is 4.02. The number of rotatable bonds is 4. The summed E-state index contributed by atoms with van der Waals surface area (Å²) in [5.74, 6) is -0.139. The number of imide groups is 1. The minimum atomic E-state index is -0.536. The van der Waals surface area contributed by atoms with Crippen LogP contribution in [0.5, 0.6) is 0 Å². The van der Waals surface area contributed by atoms with Crippen molar-refractivity contribution in [1.82, 2.24) is 10.2 Å². The number of likely N-dealkylation sites (tertiary alicyclic amines) is 1. The molecule has 2 aliphatic heterocycles. The fourth-order valence-electron chi connectivity index (χ4n) is 2.53. The lowest BCUT2D eigenvalue weighted by molar-refractivity contribution is -0.142. The van der Waals surface area contributed by atoms with Crippen molar-refractivity contribution in [1.29, 1.82) is 0 Å². The molecule has 0 atom stereocenters. The molecule has 18 heavy (non-hydrogen) atoms. The smallest absolute Gasteiger partial charge is 0.235 e. The van der Waals surface area contributed by atoms with Gasteiger partial charge < -0.3 is 10.1 Å². The predicted molar refractivity (Wildman–Crippen MR) is 67.0 cm³/mol. The van der Waals surface area contributed by atoms with Crippen LogP contribution in [-0.2, 0) is 14.3 Å². The van der Waals surface area contributed by atoms with Crippen LogP contribution in [0, 0.1) is 5.41 Å². The van der Waals surface area contributed by atoms with Crippen LogP contribution in [0.15, 0.2) is 0 Å². The van der Waals surface area contributed by atoms with E-state index in [1.165, 1.54) is 4.90 Å². The topological polar surface area (TPSA) is 58.6 Å². The van der Waals surface area contributed by atoms with Gasteiger partial charge >= 0.3 is 0 Å². The second kappa shape index (κ2) is 5.36. The second-order valence-electron chi connectivity index (χ2n) is 5.73. The van der Waals surface area contributed by atoms with Crippen LogP contribution in [0.4, 0.5) is 0 Å². The van der Waals surface area contributed by atoms with Crippen molar-refractivity contribution in [2.24, 2.45) is 5.41 Å². The van der Waals surface area contributed by atoms with E-state index < -0.39 is 5.41 Å². The first kappa shape index (κ1) is 13.5. The first-order valence-electron chi connectivity index (χ1n) is 6.68. The molecule has 0 radical (unpaired) electrons. The van der Waals surface area contributed by atoms with Gasteiger partial charge in [-0.15, -0.1) is 0 Å². The number of carbonyl (C=O) groups excluding carboxylic acids is 2. The maximum Gasteiger partial charge on any atom is 0.235 e. The number of ether oxygens (including phenoxy) is 1. The monoisotopic (exact) mass is 254 g/mol. The van der Waals surface area contributed by atoms with E-state index >= 15 is 0 Å². The number of amides is 2. The van der Waals surface area contributed by atoms with Gasteiger partial charge in [0.1, 0.15) is 0 Å². The third kappa shape index (κ3) is 2.90. The summed E-state index contributed by atoms with van der Waals surface area (Å²) in [5, 5.41) is 3.27. The number of hydrogen-bond donors (Lipinski definition) is 1. The Bertz CT molecular complexity index is 335. The number of nitrogens with zero attached hydrogens (tertiary/aromatic N) is 1. The van der Waals surface area contributed by atoms with E-state index in [0.717, 1.165) is 25.9 Å². The molecule has 2 fully saturated rings. The molecule has 0 aromatic rings. The summed E-state index contributed by atoms with van der Waals surface area (Å²) in [6.07, 6.45) is 2.60. The molecule has 0 spiro atoms. The molecule has 0 aromatic carbocycles. The minimum Gasteiger partial charge on any atom is -0.376 e. The zero-order valence-electron chi connectivity index (χ0n) is 11.2. The standard InChI is InChI=1S/C13H22N2O3/c1-13(2)9-11(16)15(12(13)17)7-8-18-10-3-5-14-6-4-10/h10,14H,3-9H2,1-2H3. The Labute approximate surface area is 108 Å². The number of piperidine rings is 1. The molecule has 1 N–H and O–H groups in total. The third-order valence-electron chi connectivity index (χ3n) is 3.67. The van der Waals surface area contributed by atoms with Crippen molar-refractivity contribution >= 4 is 11.8 Å². The summed E-state index contributed by atoms with van der Waals surface area (Å²) in [7, 11) is 0. The van der Waals surface area contributed by atoms with E-state index in [1.807, 2.05) is 13.8 Å². The molecule has 0 bridgehead atoms. The average Bonchev–Trinajstić information content (AvgIpc) is 2.52. The van der Waals surface area contributed by atoms with Gasteiger partial charge in [0.25, 0.3) is 0 Å². The Hall–Kier alpha value is -0.940. The van der Waals surface area contributed by atoms with Gasteiger partial charge in [-0.25, -0.2) is 0 Å². The third-order valence-corrected chi connectivity index (χ3v) is 3.67. The van der Waals surface area contributed by atoms with E-state index in [1.54, 1.807) is 0 Å². The SMILES string of the molecule is CC1(C)CC(=O)N(CCOC2CCNCC2)C1=O. The highest BCUT2D eigenvalue weighted by Crippen LogP contribution is 2.31. The zero-order chi connectivity index (χ0) is 13.2. The number of nitrogens with one attached hydrogen (secondary N) is 1. The van der Waals surface area contributed by atoms with Gasteiger partial charge in [-0.1, -0.05) is 13.8 Å². The predicted octanol–water partition coefficient (Wildman–Crippen LogP) is 0.540. The summed E-state index contributed by atoms with van der Waals surface area (Å²) < 4.78 is 5.72. The van der Waals surface area contributed by atoms with Crippen LogP contribution in [0.25, 0.3) is 0 Å². The maximum atomic E-state index is 12.0. The number of hydrogen-bond acceptors (Lipinski definition) is 4. The average molecular weight is 254 g/mol. The Morgan fingerprint density at radius 1 is 1.33 bits per heavy atom. The summed E-state index contributed by atoms with van der Waals surface area (Å²) >= 11 is 0. The Morgan fingerprint density at radius 3 is 2.56 bits per heavy atom. The fraction of sp³-hybridized carbons (Fsp3) is 0.846. The molecule has 0 unspecified atom stereocenters. The molecule has 2 rings (SSSR count). The Balaban J connectivity index is 1.76. The summed E-state index contributed by atoms with van der Waals surface area (Å²) in [6.45, 7) is 6.46. The van der Waals surface area contributed by atoms with Gasteiger partial charge in [0.05, 0.1) is 24.7 Å². The molecule has 2 amide bonds. The zero-order valence-corrected chi connectivity index (χ0v) is 11.2. The van der Waals surface area contributed by atoms with Crippen molar-refractivity contribution < 1.29 is 14.3 Å². The van der Waals surface area contributed by atoms with Crippen LogP contribution in [0.1, 0.15) is 33.1 Å². The molecule has 5 nitrogen and oxygen atoms in total. The normalized spacial score (nSPS) is 24.9. The van der Waals surface area contributed by atoms with Gasteiger partial charge in [0.2, 0.25) is 11.8 Å². The van der Waals surface area contributed by atoms with Crippen molar-refractivity contribution in [3.8, 4) is 0 Å². The minimum absolute atomic E-state index is 0.0681. The number of carbonyl (C=O) groups is 2. The van der Waals surface area contributed by atoms with Gasteiger partial charge in [-0.3, -0.25) is 14.5 Å². The maximum absolute atomic E-state index is 12.0. The van der Waals surface area contributed by atoms with Gasteiger partial charge in [-0.2, -0.15) is 0 Å². The lowest BCUT2D eigenvalue weighted by atomic mass is 9.92. The second-order valence-corrected chi connectivity index (χ2v) is 5.73. The first-order valence-corrected chi connectivity index (χ1v) is 6.68. The molecule has 2 aliphatic rings. The van der Waals surface area contributed by atoms with Crippen LogP contribution < -0.4 is 5.32 Å². The molecule has 0 aromatic heterocycles. The molecule has 0 aliphatic carbocycles. The molecule has 102 valence electrons.